The summed E-state index contributed by atoms with van der Waals surface area (Å²) in [5, 5.41) is 3.12. The fourth-order valence-electron chi connectivity index (χ4n) is 2.03. The second-order valence-electron chi connectivity index (χ2n) is 4.96. The van der Waals surface area contributed by atoms with Crippen LogP contribution < -0.4 is 10.1 Å². The molecule has 0 aliphatic carbocycles. The number of ether oxygens (including phenoxy) is 1. The van der Waals surface area contributed by atoms with Crippen molar-refractivity contribution in [1.29, 1.82) is 0 Å². The Bertz CT molecular complexity index is 368. The summed E-state index contributed by atoms with van der Waals surface area (Å²) in [6, 6.07) is 4.82. The van der Waals surface area contributed by atoms with Gasteiger partial charge >= 0.3 is 0 Å². The van der Waals surface area contributed by atoms with Crippen molar-refractivity contribution in [1.82, 2.24) is 5.32 Å². The van der Waals surface area contributed by atoms with Gasteiger partial charge in [-0.1, -0.05) is 32.6 Å². The molecule has 0 saturated heterocycles. The van der Waals surface area contributed by atoms with Crippen LogP contribution in [0.2, 0.25) is 0 Å². The topological polar surface area (TPSA) is 21.3 Å². The average molecular weight is 267 g/mol. The van der Waals surface area contributed by atoms with E-state index in [4.69, 9.17) is 4.74 Å². The van der Waals surface area contributed by atoms with Gasteiger partial charge in [-0.05, 0) is 38.6 Å². The lowest BCUT2D eigenvalue weighted by Gasteiger charge is -2.16. The molecule has 0 amide bonds. The van der Waals surface area contributed by atoms with Crippen molar-refractivity contribution in [3.63, 3.8) is 0 Å². The van der Waals surface area contributed by atoms with Crippen molar-refractivity contribution in [2.75, 3.05) is 13.7 Å². The maximum atomic E-state index is 13.3. The fourth-order valence-corrected chi connectivity index (χ4v) is 2.03. The molecule has 0 spiro atoms. The van der Waals surface area contributed by atoms with Crippen LogP contribution in [-0.2, 0) is 0 Å². The fraction of sp³-hybridized carbons (Fsp3) is 0.625. The van der Waals surface area contributed by atoms with Gasteiger partial charge in [-0.2, -0.15) is 0 Å². The number of hydrogen-bond acceptors (Lipinski definition) is 2. The Morgan fingerprint density at radius 2 is 1.95 bits per heavy atom. The van der Waals surface area contributed by atoms with Crippen LogP contribution in [-0.4, -0.2) is 13.7 Å². The van der Waals surface area contributed by atoms with Crippen LogP contribution in [0.25, 0.3) is 0 Å². The highest BCUT2D eigenvalue weighted by Crippen LogP contribution is 2.26. The van der Waals surface area contributed by atoms with Crippen molar-refractivity contribution in [2.24, 2.45) is 0 Å². The Hall–Kier alpha value is -1.09. The number of halogens is 1. The van der Waals surface area contributed by atoms with E-state index >= 15 is 0 Å². The minimum absolute atomic E-state index is 0.0887. The van der Waals surface area contributed by atoms with Gasteiger partial charge in [0.2, 0.25) is 0 Å². The molecule has 1 rings (SSSR count). The zero-order valence-corrected chi connectivity index (χ0v) is 12.3. The Labute approximate surface area is 116 Å². The Morgan fingerprint density at radius 3 is 2.63 bits per heavy atom. The number of rotatable bonds is 9. The van der Waals surface area contributed by atoms with Gasteiger partial charge < -0.3 is 10.1 Å². The molecule has 2 nitrogen and oxygen atoms in total. The van der Waals surface area contributed by atoms with E-state index in [-0.39, 0.29) is 11.9 Å². The standard InChI is InChI=1S/C16H26FNO/c1-4-5-6-7-8-11-19-16-10-9-14(17)12-15(16)13(2)18-3/h9-10,12-13,18H,4-8,11H2,1-3H3. The first kappa shape index (κ1) is 16.0. The highest BCUT2D eigenvalue weighted by Gasteiger charge is 2.11. The average Bonchev–Trinajstić information content (AvgIpc) is 2.43. The molecule has 1 atom stereocenters. The van der Waals surface area contributed by atoms with Crippen LogP contribution in [0.4, 0.5) is 4.39 Å². The largest absolute Gasteiger partial charge is 0.493 e. The quantitative estimate of drug-likeness (QED) is 0.667. The molecule has 0 bridgehead atoms. The minimum atomic E-state index is -0.215. The molecule has 1 aromatic rings. The number of benzene rings is 1. The van der Waals surface area contributed by atoms with Gasteiger partial charge in [-0.3, -0.25) is 0 Å². The molecule has 3 heteroatoms. The Kier molecular flexibility index (Phi) is 7.49. The summed E-state index contributed by atoms with van der Waals surface area (Å²) in [4.78, 5) is 0. The first-order chi connectivity index (χ1) is 9.19. The van der Waals surface area contributed by atoms with Crippen molar-refractivity contribution in [3.8, 4) is 5.75 Å². The first-order valence-corrected chi connectivity index (χ1v) is 7.28. The van der Waals surface area contributed by atoms with Crippen LogP contribution in [0.3, 0.4) is 0 Å². The zero-order chi connectivity index (χ0) is 14.1. The van der Waals surface area contributed by atoms with Gasteiger partial charge in [0.25, 0.3) is 0 Å². The van der Waals surface area contributed by atoms with Crippen molar-refractivity contribution in [3.05, 3.63) is 29.6 Å². The van der Waals surface area contributed by atoms with E-state index in [1.807, 2.05) is 14.0 Å². The third-order valence-corrected chi connectivity index (χ3v) is 3.38. The lowest BCUT2D eigenvalue weighted by Crippen LogP contribution is -2.14. The summed E-state index contributed by atoms with van der Waals surface area (Å²) < 4.78 is 19.1. The van der Waals surface area contributed by atoms with Gasteiger partial charge in [0, 0.05) is 11.6 Å². The smallest absolute Gasteiger partial charge is 0.124 e. The molecule has 0 heterocycles. The number of unbranched alkanes of at least 4 members (excludes halogenated alkanes) is 4. The molecule has 1 unspecified atom stereocenters. The van der Waals surface area contributed by atoms with Crippen LogP contribution in [0, 0.1) is 5.82 Å². The number of hydrogen-bond donors (Lipinski definition) is 1. The zero-order valence-electron chi connectivity index (χ0n) is 12.3. The Morgan fingerprint density at radius 1 is 1.21 bits per heavy atom. The summed E-state index contributed by atoms with van der Waals surface area (Å²) >= 11 is 0. The summed E-state index contributed by atoms with van der Waals surface area (Å²) in [6.45, 7) is 4.92. The number of nitrogens with one attached hydrogen (secondary N) is 1. The summed E-state index contributed by atoms with van der Waals surface area (Å²) in [6.07, 6.45) is 6.07. The lowest BCUT2D eigenvalue weighted by molar-refractivity contribution is 0.298. The van der Waals surface area contributed by atoms with Gasteiger partial charge in [-0.15, -0.1) is 0 Å². The molecule has 0 aromatic heterocycles. The minimum Gasteiger partial charge on any atom is -0.493 e. The van der Waals surface area contributed by atoms with E-state index in [9.17, 15) is 4.39 Å². The summed E-state index contributed by atoms with van der Waals surface area (Å²) in [7, 11) is 1.87. The maximum Gasteiger partial charge on any atom is 0.124 e. The first-order valence-electron chi connectivity index (χ1n) is 7.28. The molecule has 0 saturated carbocycles. The highest BCUT2D eigenvalue weighted by molar-refractivity contribution is 5.36. The molecule has 108 valence electrons. The molecule has 0 aliphatic rings. The van der Waals surface area contributed by atoms with E-state index in [1.165, 1.54) is 31.7 Å². The lowest BCUT2D eigenvalue weighted by atomic mass is 10.1. The van der Waals surface area contributed by atoms with Crippen LogP contribution in [0.5, 0.6) is 5.75 Å². The van der Waals surface area contributed by atoms with Crippen molar-refractivity contribution in [2.45, 2.75) is 52.0 Å². The molecule has 1 N–H and O–H groups in total. The monoisotopic (exact) mass is 267 g/mol. The van der Waals surface area contributed by atoms with Gasteiger partial charge in [-0.25, -0.2) is 4.39 Å². The molecular weight excluding hydrogens is 241 g/mol. The van der Waals surface area contributed by atoms with Gasteiger partial charge in [0.05, 0.1) is 6.61 Å². The van der Waals surface area contributed by atoms with E-state index in [0.717, 1.165) is 17.7 Å². The van der Waals surface area contributed by atoms with Crippen molar-refractivity contribution < 1.29 is 9.13 Å². The molecule has 1 aromatic carbocycles. The highest BCUT2D eigenvalue weighted by atomic mass is 19.1. The normalized spacial score (nSPS) is 12.4. The van der Waals surface area contributed by atoms with E-state index in [1.54, 1.807) is 12.1 Å². The van der Waals surface area contributed by atoms with E-state index in [0.29, 0.717) is 6.61 Å². The van der Waals surface area contributed by atoms with Gasteiger partial charge in [0.15, 0.2) is 0 Å². The maximum absolute atomic E-state index is 13.3. The second kappa shape index (κ2) is 8.92. The molecule has 0 aliphatic heterocycles. The summed E-state index contributed by atoms with van der Waals surface area (Å²) in [5.74, 6) is 0.575. The third kappa shape index (κ3) is 5.60. The third-order valence-electron chi connectivity index (χ3n) is 3.38. The molecular formula is C16H26FNO. The van der Waals surface area contributed by atoms with E-state index < -0.39 is 0 Å². The SMILES string of the molecule is CCCCCCCOc1ccc(F)cc1C(C)NC. The molecule has 19 heavy (non-hydrogen) atoms. The Balaban J connectivity index is 2.48. The van der Waals surface area contributed by atoms with Gasteiger partial charge in [0.1, 0.15) is 11.6 Å². The predicted molar refractivity (Wildman–Crippen MR) is 78.1 cm³/mol. The van der Waals surface area contributed by atoms with E-state index in [2.05, 4.69) is 12.2 Å². The van der Waals surface area contributed by atoms with Crippen molar-refractivity contribution >= 4 is 0 Å². The van der Waals surface area contributed by atoms with Crippen LogP contribution in [0.15, 0.2) is 18.2 Å². The molecule has 0 fully saturated rings. The summed E-state index contributed by atoms with van der Waals surface area (Å²) in [5.41, 5.74) is 0.885. The predicted octanol–water partition coefficient (Wildman–Crippen LogP) is 4.46. The second-order valence-corrected chi connectivity index (χ2v) is 4.96. The molecule has 0 radical (unpaired) electrons. The van der Waals surface area contributed by atoms with Crippen LogP contribution >= 0.6 is 0 Å². The van der Waals surface area contributed by atoms with Crippen LogP contribution in [0.1, 0.15) is 57.6 Å².